The highest BCUT2D eigenvalue weighted by atomic mass is 35.5. The van der Waals surface area contributed by atoms with Crippen LogP contribution >= 0.6 is 11.6 Å². The van der Waals surface area contributed by atoms with Crippen molar-refractivity contribution in [2.45, 2.75) is 0 Å². The molecule has 0 aliphatic carbocycles. The minimum Gasteiger partial charge on any atom is -0.376 e. The second-order valence-corrected chi connectivity index (χ2v) is 4.90. The molecule has 1 amide bonds. The van der Waals surface area contributed by atoms with Crippen LogP contribution in [0.5, 0.6) is 0 Å². The molecule has 0 bridgehead atoms. The molecule has 20 heavy (non-hydrogen) atoms. The summed E-state index contributed by atoms with van der Waals surface area (Å²) in [6.07, 6.45) is 0. The first-order valence-electron chi connectivity index (χ1n) is 6.02. The lowest BCUT2D eigenvalue weighted by Crippen LogP contribution is -2.17. The highest BCUT2D eigenvalue weighted by Crippen LogP contribution is 2.25. The van der Waals surface area contributed by atoms with Gasteiger partial charge in [-0.05, 0) is 30.3 Å². The topological polar surface area (TPSA) is 32.3 Å². The lowest BCUT2D eigenvalue weighted by molar-refractivity contribution is 0.102. The third kappa shape index (κ3) is 3.08. The van der Waals surface area contributed by atoms with E-state index in [9.17, 15) is 9.18 Å². The van der Waals surface area contributed by atoms with Crippen LogP contribution in [-0.2, 0) is 0 Å². The zero-order valence-electron chi connectivity index (χ0n) is 11.2. The largest absolute Gasteiger partial charge is 0.376 e. The lowest BCUT2D eigenvalue weighted by Gasteiger charge is -2.17. The molecule has 2 aromatic carbocycles. The number of carbonyl (C=O) groups excluding carboxylic acids is 1. The molecule has 0 aliphatic heterocycles. The Labute approximate surface area is 122 Å². The van der Waals surface area contributed by atoms with Crippen LogP contribution in [0.25, 0.3) is 0 Å². The molecule has 2 aromatic rings. The van der Waals surface area contributed by atoms with E-state index in [-0.39, 0.29) is 16.5 Å². The smallest absolute Gasteiger partial charge is 0.257 e. The van der Waals surface area contributed by atoms with Crippen LogP contribution in [0, 0.1) is 5.82 Å². The summed E-state index contributed by atoms with van der Waals surface area (Å²) in [6.45, 7) is 0. The number of hydrogen-bond donors (Lipinski definition) is 1. The van der Waals surface area contributed by atoms with Crippen molar-refractivity contribution in [3.8, 4) is 0 Å². The Morgan fingerprint density at radius 2 is 1.90 bits per heavy atom. The number of benzene rings is 2. The number of carbonyl (C=O) groups is 1. The lowest BCUT2D eigenvalue weighted by atomic mass is 10.2. The Balaban J connectivity index is 2.28. The predicted octanol–water partition coefficient (Wildman–Crippen LogP) is 3.80. The van der Waals surface area contributed by atoms with Crippen molar-refractivity contribution < 1.29 is 9.18 Å². The van der Waals surface area contributed by atoms with Crippen molar-refractivity contribution >= 4 is 28.9 Å². The Bertz CT molecular complexity index is 644. The summed E-state index contributed by atoms with van der Waals surface area (Å²) in [5.41, 5.74) is 1.78. The van der Waals surface area contributed by atoms with E-state index in [0.29, 0.717) is 5.69 Å². The van der Waals surface area contributed by atoms with Gasteiger partial charge in [-0.25, -0.2) is 4.39 Å². The summed E-state index contributed by atoms with van der Waals surface area (Å²) >= 11 is 5.88. The molecule has 104 valence electrons. The molecule has 0 saturated carbocycles. The van der Waals surface area contributed by atoms with Gasteiger partial charge in [-0.1, -0.05) is 23.7 Å². The van der Waals surface area contributed by atoms with Crippen molar-refractivity contribution in [2.75, 3.05) is 24.3 Å². The Kier molecular flexibility index (Phi) is 4.25. The van der Waals surface area contributed by atoms with Crippen molar-refractivity contribution in [3.63, 3.8) is 0 Å². The first-order chi connectivity index (χ1) is 9.49. The molecule has 0 unspecified atom stereocenters. The maximum atomic E-state index is 13.0. The van der Waals surface area contributed by atoms with Crippen LogP contribution in [0.1, 0.15) is 10.4 Å². The number of nitrogens with one attached hydrogen (secondary N) is 1. The van der Waals surface area contributed by atoms with Gasteiger partial charge in [-0.2, -0.15) is 0 Å². The first-order valence-corrected chi connectivity index (χ1v) is 6.39. The van der Waals surface area contributed by atoms with Crippen LogP contribution in [0.2, 0.25) is 5.02 Å². The molecule has 1 N–H and O–H groups in total. The second kappa shape index (κ2) is 5.92. The number of halogens is 2. The van der Waals surface area contributed by atoms with Crippen molar-refractivity contribution in [1.82, 2.24) is 0 Å². The molecule has 0 aliphatic rings. The number of nitrogens with zero attached hydrogens (tertiary/aromatic N) is 1. The fraction of sp³-hybridized carbons (Fsp3) is 0.133. The molecule has 0 radical (unpaired) electrons. The molecule has 0 aromatic heterocycles. The van der Waals surface area contributed by atoms with Crippen LogP contribution < -0.4 is 10.2 Å². The van der Waals surface area contributed by atoms with Gasteiger partial charge in [-0.3, -0.25) is 4.79 Å². The second-order valence-electron chi connectivity index (χ2n) is 4.49. The van der Waals surface area contributed by atoms with E-state index in [0.717, 1.165) is 11.8 Å². The molecule has 3 nitrogen and oxygen atoms in total. The molecule has 2 rings (SSSR count). The number of rotatable bonds is 3. The number of hydrogen-bond acceptors (Lipinski definition) is 2. The van der Waals surface area contributed by atoms with Crippen LogP contribution in [0.4, 0.5) is 15.8 Å². The average molecular weight is 293 g/mol. The van der Waals surface area contributed by atoms with Gasteiger partial charge in [0.05, 0.1) is 22.0 Å². The van der Waals surface area contributed by atoms with E-state index in [1.54, 1.807) is 6.07 Å². The van der Waals surface area contributed by atoms with Crippen molar-refractivity contribution in [1.29, 1.82) is 0 Å². The highest BCUT2D eigenvalue weighted by molar-refractivity contribution is 6.34. The summed E-state index contributed by atoms with van der Waals surface area (Å²) in [6, 6.07) is 11.1. The molecule has 0 heterocycles. The third-order valence-corrected chi connectivity index (χ3v) is 3.12. The van der Waals surface area contributed by atoms with E-state index >= 15 is 0 Å². The predicted molar refractivity (Wildman–Crippen MR) is 80.1 cm³/mol. The zero-order valence-corrected chi connectivity index (χ0v) is 11.9. The van der Waals surface area contributed by atoms with E-state index < -0.39 is 5.82 Å². The summed E-state index contributed by atoms with van der Waals surface area (Å²) in [5.74, 6) is -0.843. The van der Waals surface area contributed by atoms with Crippen molar-refractivity contribution in [2.24, 2.45) is 0 Å². The van der Waals surface area contributed by atoms with Crippen LogP contribution in [-0.4, -0.2) is 20.0 Å². The van der Waals surface area contributed by atoms with Gasteiger partial charge in [0.1, 0.15) is 5.82 Å². The minimum atomic E-state index is -0.472. The highest BCUT2D eigenvalue weighted by Gasteiger charge is 2.13. The number of amides is 1. The van der Waals surface area contributed by atoms with Gasteiger partial charge in [0.15, 0.2) is 0 Å². The van der Waals surface area contributed by atoms with E-state index in [4.69, 9.17) is 11.6 Å². The summed E-state index contributed by atoms with van der Waals surface area (Å²) in [5, 5.41) is 2.87. The van der Waals surface area contributed by atoms with Crippen LogP contribution in [0.15, 0.2) is 42.5 Å². The van der Waals surface area contributed by atoms with Gasteiger partial charge >= 0.3 is 0 Å². The van der Waals surface area contributed by atoms with Gasteiger partial charge in [0.25, 0.3) is 5.91 Å². The summed E-state index contributed by atoms with van der Waals surface area (Å²) in [7, 11) is 3.77. The molecule has 0 spiro atoms. The SMILES string of the molecule is CN(C)c1ccccc1NC(=O)c1ccc(F)cc1Cl. The fourth-order valence-corrected chi connectivity index (χ4v) is 2.09. The third-order valence-electron chi connectivity index (χ3n) is 2.81. The molecule has 0 fully saturated rings. The zero-order chi connectivity index (χ0) is 14.7. The maximum absolute atomic E-state index is 13.0. The van der Waals surface area contributed by atoms with Gasteiger partial charge in [-0.15, -0.1) is 0 Å². The molecule has 0 saturated heterocycles. The quantitative estimate of drug-likeness (QED) is 0.933. The molecule has 0 atom stereocenters. The molecular weight excluding hydrogens is 279 g/mol. The monoisotopic (exact) mass is 292 g/mol. The number of para-hydroxylation sites is 2. The van der Waals surface area contributed by atoms with E-state index in [1.165, 1.54) is 12.1 Å². The van der Waals surface area contributed by atoms with Crippen LogP contribution in [0.3, 0.4) is 0 Å². The average Bonchev–Trinajstić information content (AvgIpc) is 2.38. The Morgan fingerprint density at radius 3 is 2.55 bits per heavy atom. The van der Waals surface area contributed by atoms with Gasteiger partial charge in [0, 0.05) is 14.1 Å². The normalized spacial score (nSPS) is 10.2. The Hall–Kier alpha value is -2.07. The minimum absolute atomic E-state index is 0.0878. The number of anilines is 2. The van der Waals surface area contributed by atoms with Crippen molar-refractivity contribution in [3.05, 3.63) is 58.9 Å². The summed E-state index contributed by atoms with van der Waals surface area (Å²) < 4.78 is 13.0. The Morgan fingerprint density at radius 1 is 1.20 bits per heavy atom. The van der Waals surface area contributed by atoms with E-state index in [2.05, 4.69) is 5.32 Å². The van der Waals surface area contributed by atoms with E-state index in [1.807, 2.05) is 37.2 Å². The first kappa shape index (κ1) is 14.3. The fourth-order valence-electron chi connectivity index (χ4n) is 1.83. The standard InChI is InChI=1S/C15H14ClFN2O/c1-19(2)14-6-4-3-5-13(14)18-15(20)11-8-7-10(17)9-12(11)16/h3-9H,1-2H3,(H,18,20). The van der Waals surface area contributed by atoms with Gasteiger partial charge < -0.3 is 10.2 Å². The maximum Gasteiger partial charge on any atom is 0.257 e. The molecular formula is C15H14ClFN2O. The molecule has 5 heteroatoms. The summed E-state index contributed by atoms with van der Waals surface area (Å²) in [4.78, 5) is 14.1. The van der Waals surface area contributed by atoms with Gasteiger partial charge in [0.2, 0.25) is 0 Å².